The van der Waals surface area contributed by atoms with Crippen molar-refractivity contribution in [3.8, 4) is 6.07 Å². The van der Waals surface area contributed by atoms with Crippen molar-refractivity contribution in [2.24, 2.45) is 5.41 Å². The van der Waals surface area contributed by atoms with Crippen LogP contribution in [0.25, 0.3) is 11.0 Å². The van der Waals surface area contributed by atoms with Gasteiger partial charge >= 0.3 is 0 Å². The number of Topliss-reactive ketones (excluding diaryl/α,β-unsaturated/α-hetero) is 1. The number of carbonyl (C=O) groups is 1. The van der Waals surface area contributed by atoms with Crippen molar-refractivity contribution >= 4 is 16.8 Å². The molecule has 0 aliphatic heterocycles. The number of rotatable bonds is 2. The van der Waals surface area contributed by atoms with Gasteiger partial charge in [0.05, 0.1) is 34.4 Å². The van der Waals surface area contributed by atoms with Crippen LogP contribution in [0.4, 0.5) is 8.78 Å². The number of nitriles is 1. The van der Waals surface area contributed by atoms with Crippen LogP contribution in [0.2, 0.25) is 0 Å². The van der Waals surface area contributed by atoms with Gasteiger partial charge in [-0.2, -0.15) is 5.26 Å². The van der Waals surface area contributed by atoms with E-state index in [9.17, 15) is 13.6 Å². The lowest BCUT2D eigenvalue weighted by Gasteiger charge is -2.40. The number of halogens is 2. The number of hydrogen-bond donors (Lipinski definition) is 0. The molecule has 1 aromatic carbocycles. The number of imidazole rings is 1. The van der Waals surface area contributed by atoms with Crippen LogP contribution in [0.3, 0.4) is 0 Å². The zero-order valence-electron chi connectivity index (χ0n) is 12.1. The van der Waals surface area contributed by atoms with E-state index in [4.69, 9.17) is 5.26 Å². The zero-order valence-corrected chi connectivity index (χ0v) is 12.1. The van der Waals surface area contributed by atoms with Crippen molar-refractivity contribution in [1.82, 2.24) is 9.55 Å². The summed E-state index contributed by atoms with van der Waals surface area (Å²) >= 11 is 0. The SMILES string of the molecule is CC1(Cn2cnc3ccc(C#N)cc32)CC(=O)CCC1(F)F. The van der Waals surface area contributed by atoms with Crippen LogP contribution in [0.1, 0.15) is 31.7 Å². The lowest BCUT2D eigenvalue weighted by molar-refractivity contribution is -0.162. The highest BCUT2D eigenvalue weighted by Gasteiger charge is 2.53. The molecule has 1 unspecified atom stereocenters. The molecular formula is C16H15F2N3O. The summed E-state index contributed by atoms with van der Waals surface area (Å²) in [4.78, 5) is 15.8. The van der Waals surface area contributed by atoms with Gasteiger partial charge in [0.25, 0.3) is 5.92 Å². The Morgan fingerprint density at radius 1 is 1.45 bits per heavy atom. The van der Waals surface area contributed by atoms with Crippen molar-refractivity contribution in [3.05, 3.63) is 30.1 Å². The molecule has 0 amide bonds. The fraction of sp³-hybridized carbons (Fsp3) is 0.438. The Bertz CT molecular complexity index is 790. The first-order chi connectivity index (χ1) is 10.3. The molecule has 3 rings (SSSR count). The van der Waals surface area contributed by atoms with E-state index < -0.39 is 17.8 Å². The molecule has 1 saturated carbocycles. The standard InChI is InChI=1S/C16H15F2N3O/c1-15(7-12(22)4-5-16(15,17)18)9-21-10-20-13-3-2-11(8-19)6-14(13)21/h2-3,6,10H,4-5,7,9H2,1H3. The van der Waals surface area contributed by atoms with E-state index in [1.54, 1.807) is 22.8 Å². The van der Waals surface area contributed by atoms with E-state index in [1.807, 2.05) is 6.07 Å². The van der Waals surface area contributed by atoms with E-state index in [0.717, 1.165) is 0 Å². The Labute approximate surface area is 126 Å². The second kappa shape index (κ2) is 4.87. The second-order valence-electron chi connectivity index (χ2n) is 6.17. The fourth-order valence-electron chi connectivity index (χ4n) is 3.05. The summed E-state index contributed by atoms with van der Waals surface area (Å²) in [6.07, 6.45) is 0.883. The molecule has 1 aromatic heterocycles. The molecule has 1 fully saturated rings. The highest BCUT2D eigenvalue weighted by molar-refractivity contribution is 5.80. The zero-order chi connectivity index (χ0) is 16.0. The van der Waals surface area contributed by atoms with Gasteiger partial charge in [-0.1, -0.05) is 6.92 Å². The first-order valence-electron chi connectivity index (χ1n) is 7.09. The number of ketones is 1. The Morgan fingerprint density at radius 3 is 2.95 bits per heavy atom. The molecule has 1 aliphatic carbocycles. The van der Waals surface area contributed by atoms with Gasteiger partial charge in [-0.15, -0.1) is 0 Å². The lowest BCUT2D eigenvalue weighted by atomic mass is 9.71. The molecule has 6 heteroatoms. The summed E-state index contributed by atoms with van der Waals surface area (Å²) in [7, 11) is 0. The minimum atomic E-state index is -2.90. The molecule has 0 bridgehead atoms. The van der Waals surface area contributed by atoms with Crippen molar-refractivity contribution in [3.63, 3.8) is 0 Å². The van der Waals surface area contributed by atoms with E-state index >= 15 is 0 Å². The van der Waals surface area contributed by atoms with Crippen molar-refractivity contribution in [2.75, 3.05) is 0 Å². The quantitative estimate of drug-likeness (QED) is 0.855. The van der Waals surface area contributed by atoms with Crippen LogP contribution in [0.15, 0.2) is 24.5 Å². The summed E-state index contributed by atoms with van der Waals surface area (Å²) < 4.78 is 30.3. The molecule has 1 atom stereocenters. The van der Waals surface area contributed by atoms with Crippen LogP contribution in [0, 0.1) is 16.7 Å². The van der Waals surface area contributed by atoms with Gasteiger partial charge in [-0.05, 0) is 18.2 Å². The predicted molar refractivity (Wildman–Crippen MR) is 76.4 cm³/mol. The summed E-state index contributed by atoms with van der Waals surface area (Å²) in [5.41, 5.74) is 0.298. The van der Waals surface area contributed by atoms with E-state index in [0.29, 0.717) is 16.6 Å². The number of benzene rings is 1. The molecule has 0 N–H and O–H groups in total. The molecule has 4 nitrogen and oxygen atoms in total. The third-order valence-corrected chi connectivity index (χ3v) is 4.46. The number of nitrogens with zero attached hydrogens (tertiary/aromatic N) is 3. The number of carbonyl (C=O) groups excluding carboxylic acids is 1. The minimum Gasteiger partial charge on any atom is -0.330 e. The molecular weight excluding hydrogens is 288 g/mol. The minimum absolute atomic E-state index is 0.00286. The average Bonchev–Trinajstić information content (AvgIpc) is 2.86. The van der Waals surface area contributed by atoms with Gasteiger partial charge in [-0.25, -0.2) is 13.8 Å². The van der Waals surface area contributed by atoms with Gasteiger partial charge in [0.15, 0.2) is 0 Å². The Kier molecular flexibility index (Phi) is 3.24. The van der Waals surface area contributed by atoms with Crippen molar-refractivity contribution in [1.29, 1.82) is 5.26 Å². The maximum absolute atomic E-state index is 14.3. The number of hydrogen-bond acceptors (Lipinski definition) is 3. The van der Waals surface area contributed by atoms with Crippen LogP contribution < -0.4 is 0 Å². The van der Waals surface area contributed by atoms with Gasteiger partial charge in [0.2, 0.25) is 0 Å². The Hall–Kier alpha value is -2.29. The third-order valence-electron chi connectivity index (χ3n) is 4.46. The first-order valence-corrected chi connectivity index (χ1v) is 7.09. The Morgan fingerprint density at radius 2 is 2.23 bits per heavy atom. The monoisotopic (exact) mass is 303 g/mol. The average molecular weight is 303 g/mol. The van der Waals surface area contributed by atoms with Gasteiger partial charge < -0.3 is 4.57 Å². The van der Waals surface area contributed by atoms with Gasteiger partial charge in [-0.3, -0.25) is 4.79 Å². The van der Waals surface area contributed by atoms with Crippen LogP contribution in [0.5, 0.6) is 0 Å². The first kappa shape index (κ1) is 14.6. The maximum atomic E-state index is 14.3. The summed E-state index contributed by atoms with van der Waals surface area (Å²) in [5.74, 6) is -3.03. The highest BCUT2D eigenvalue weighted by atomic mass is 19.3. The summed E-state index contributed by atoms with van der Waals surface area (Å²) in [5, 5.41) is 8.97. The van der Waals surface area contributed by atoms with E-state index in [2.05, 4.69) is 4.98 Å². The molecule has 0 spiro atoms. The molecule has 2 aromatic rings. The molecule has 1 heterocycles. The smallest absolute Gasteiger partial charge is 0.255 e. The normalized spacial score (nSPS) is 24.4. The van der Waals surface area contributed by atoms with Crippen molar-refractivity contribution < 1.29 is 13.6 Å². The molecule has 1 aliphatic rings. The van der Waals surface area contributed by atoms with Crippen LogP contribution in [-0.4, -0.2) is 21.3 Å². The lowest BCUT2D eigenvalue weighted by Crippen LogP contribution is -2.47. The fourth-order valence-corrected chi connectivity index (χ4v) is 3.05. The third kappa shape index (κ3) is 2.27. The molecule has 22 heavy (non-hydrogen) atoms. The second-order valence-corrected chi connectivity index (χ2v) is 6.17. The number of alkyl halides is 2. The van der Waals surface area contributed by atoms with Gasteiger partial charge in [0.1, 0.15) is 5.78 Å². The topological polar surface area (TPSA) is 58.7 Å². The van der Waals surface area contributed by atoms with E-state index in [-0.39, 0.29) is 25.2 Å². The number of aromatic nitrogens is 2. The molecule has 0 radical (unpaired) electrons. The number of fused-ring (bicyclic) bond motifs is 1. The van der Waals surface area contributed by atoms with E-state index in [1.165, 1.54) is 13.3 Å². The predicted octanol–water partition coefficient (Wildman–Crippen LogP) is 3.30. The molecule has 0 saturated heterocycles. The van der Waals surface area contributed by atoms with Crippen LogP contribution >= 0.6 is 0 Å². The maximum Gasteiger partial charge on any atom is 0.255 e. The van der Waals surface area contributed by atoms with Crippen molar-refractivity contribution in [2.45, 2.75) is 38.7 Å². The summed E-state index contributed by atoms with van der Waals surface area (Å²) in [6.45, 7) is 1.45. The Balaban J connectivity index is 2.01. The summed E-state index contributed by atoms with van der Waals surface area (Å²) in [6, 6.07) is 6.99. The largest absolute Gasteiger partial charge is 0.330 e. The highest BCUT2D eigenvalue weighted by Crippen LogP contribution is 2.48. The van der Waals surface area contributed by atoms with Crippen LogP contribution in [-0.2, 0) is 11.3 Å². The molecule has 114 valence electrons. The van der Waals surface area contributed by atoms with Gasteiger partial charge in [0, 0.05) is 25.8 Å².